The minimum atomic E-state index is -0.460. The van der Waals surface area contributed by atoms with Gasteiger partial charge in [-0.15, -0.1) is 11.8 Å². The maximum absolute atomic E-state index is 12.3. The van der Waals surface area contributed by atoms with Crippen molar-refractivity contribution in [2.75, 3.05) is 19.3 Å². The molecule has 1 saturated heterocycles. The van der Waals surface area contributed by atoms with E-state index >= 15 is 0 Å². The Morgan fingerprint density at radius 2 is 1.77 bits per heavy atom. The number of ether oxygens (including phenoxy) is 1. The Labute approximate surface area is 161 Å². The number of rotatable bonds is 6. The maximum Gasteiger partial charge on any atom is 0.410 e. The van der Waals surface area contributed by atoms with Gasteiger partial charge in [-0.1, -0.05) is 12.1 Å². The molecule has 0 spiro atoms. The van der Waals surface area contributed by atoms with Crippen molar-refractivity contribution >= 4 is 23.6 Å². The number of aryl methyl sites for hydroxylation is 1. The van der Waals surface area contributed by atoms with Crippen LogP contribution in [0.5, 0.6) is 0 Å². The number of benzene rings is 1. The molecule has 0 unspecified atom stereocenters. The molecule has 0 N–H and O–H groups in total. The summed E-state index contributed by atoms with van der Waals surface area (Å²) < 4.78 is 5.42. The van der Waals surface area contributed by atoms with Crippen molar-refractivity contribution in [3.05, 3.63) is 29.8 Å². The average Bonchev–Trinajstić information content (AvgIpc) is 2.59. The van der Waals surface area contributed by atoms with Crippen LogP contribution in [0.25, 0.3) is 0 Å². The summed E-state index contributed by atoms with van der Waals surface area (Å²) in [5, 5.41) is 0. The van der Waals surface area contributed by atoms with Crippen LogP contribution in [-0.4, -0.2) is 41.7 Å². The number of piperidine rings is 1. The molecule has 0 aliphatic carbocycles. The first kappa shape index (κ1) is 20.8. The Hall–Kier alpha value is -1.49. The van der Waals surface area contributed by atoms with Gasteiger partial charge in [0.25, 0.3) is 0 Å². The van der Waals surface area contributed by atoms with Gasteiger partial charge in [0.1, 0.15) is 11.4 Å². The van der Waals surface area contributed by atoms with Crippen molar-refractivity contribution in [1.82, 2.24) is 4.90 Å². The van der Waals surface area contributed by atoms with E-state index < -0.39 is 5.60 Å². The average molecular weight is 378 g/mol. The summed E-state index contributed by atoms with van der Waals surface area (Å²) in [6.45, 7) is 7.01. The SMILES string of the molecule is CSc1ccc(CCC(=O)CC2CCN(C(=O)OC(C)(C)C)CC2)cc1. The Balaban J connectivity index is 1.69. The fraction of sp³-hybridized carbons (Fsp3) is 0.619. The molecule has 1 aromatic carbocycles. The fourth-order valence-corrected chi connectivity index (χ4v) is 3.55. The number of carbonyl (C=O) groups excluding carboxylic acids is 2. The summed E-state index contributed by atoms with van der Waals surface area (Å²) in [5.41, 5.74) is 0.758. The van der Waals surface area contributed by atoms with Crippen LogP contribution in [0.15, 0.2) is 29.2 Å². The third-order valence-electron chi connectivity index (χ3n) is 4.63. The van der Waals surface area contributed by atoms with Gasteiger partial charge in [0.05, 0.1) is 0 Å². The van der Waals surface area contributed by atoms with Crippen molar-refractivity contribution in [1.29, 1.82) is 0 Å². The minimum absolute atomic E-state index is 0.240. The van der Waals surface area contributed by atoms with E-state index in [4.69, 9.17) is 4.74 Å². The van der Waals surface area contributed by atoms with E-state index in [9.17, 15) is 9.59 Å². The number of likely N-dealkylation sites (tertiary alicyclic amines) is 1. The highest BCUT2D eigenvalue weighted by Gasteiger charge is 2.27. The summed E-state index contributed by atoms with van der Waals surface area (Å²) in [7, 11) is 0. The zero-order chi connectivity index (χ0) is 19.2. The number of Topliss-reactive ketones (excluding diaryl/α,β-unsaturated/α-hetero) is 1. The molecule has 0 bridgehead atoms. The first-order chi connectivity index (χ1) is 12.3. The Bertz CT molecular complexity index is 599. The highest BCUT2D eigenvalue weighted by Crippen LogP contribution is 2.23. The normalized spacial score (nSPS) is 15.8. The Morgan fingerprint density at radius 1 is 1.15 bits per heavy atom. The molecule has 1 fully saturated rings. The minimum Gasteiger partial charge on any atom is -0.444 e. The van der Waals surface area contributed by atoms with Crippen LogP contribution in [-0.2, 0) is 16.0 Å². The molecule has 2 rings (SSSR count). The molecule has 0 saturated carbocycles. The van der Waals surface area contributed by atoms with Crippen LogP contribution >= 0.6 is 11.8 Å². The van der Waals surface area contributed by atoms with Crippen LogP contribution in [0.1, 0.15) is 52.0 Å². The van der Waals surface area contributed by atoms with E-state index in [1.54, 1.807) is 16.7 Å². The van der Waals surface area contributed by atoms with Crippen molar-refractivity contribution < 1.29 is 14.3 Å². The number of carbonyl (C=O) groups is 2. The van der Waals surface area contributed by atoms with Gasteiger partial charge in [-0.25, -0.2) is 4.79 Å². The molecule has 5 heteroatoms. The molecule has 1 aliphatic rings. The second-order valence-corrected chi connectivity index (χ2v) is 8.88. The van der Waals surface area contributed by atoms with Gasteiger partial charge >= 0.3 is 6.09 Å². The predicted molar refractivity (Wildman–Crippen MR) is 107 cm³/mol. The number of nitrogens with zero attached hydrogens (tertiary/aromatic N) is 1. The van der Waals surface area contributed by atoms with E-state index in [1.807, 2.05) is 20.8 Å². The number of hydrogen-bond donors (Lipinski definition) is 0. The van der Waals surface area contributed by atoms with E-state index in [2.05, 4.69) is 30.5 Å². The molecular formula is C21H31NO3S. The molecule has 144 valence electrons. The molecule has 1 heterocycles. The monoisotopic (exact) mass is 377 g/mol. The molecule has 1 aromatic rings. The van der Waals surface area contributed by atoms with Gasteiger partial charge in [0.15, 0.2) is 0 Å². The lowest BCUT2D eigenvalue weighted by Gasteiger charge is -2.33. The lowest BCUT2D eigenvalue weighted by atomic mass is 9.90. The van der Waals surface area contributed by atoms with E-state index in [-0.39, 0.29) is 6.09 Å². The number of thioether (sulfide) groups is 1. The first-order valence-electron chi connectivity index (χ1n) is 9.39. The molecular weight excluding hydrogens is 346 g/mol. The highest BCUT2D eigenvalue weighted by atomic mass is 32.2. The van der Waals surface area contributed by atoms with Gasteiger partial charge in [-0.2, -0.15) is 0 Å². The lowest BCUT2D eigenvalue weighted by molar-refractivity contribution is -0.120. The van der Waals surface area contributed by atoms with Gasteiger partial charge in [0.2, 0.25) is 0 Å². The summed E-state index contributed by atoms with van der Waals surface area (Å²) in [6, 6.07) is 8.44. The molecule has 1 amide bonds. The van der Waals surface area contributed by atoms with Crippen molar-refractivity contribution in [2.24, 2.45) is 5.92 Å². The third kappa shape index (κ3) is 7.02. The smallest absolute Gasteiger partial charge is 0.410 e. The van der Waals surface area contributed by atoms with Crippen molar-refractivity contribution in [3.8, 4) is 0 Å². The van der Waals surface area contributed by atoms with Crippen LogP contribution in [0, 0.1) is 5.92 Å². The first-order valence-corrected chi connectivity index (χ1v) is 10.6. The van der Waals surface area contributed by atoms with Crippen molar-refractivity contribution in [2.45, 2.75) is 63.4 Å². The highest BCUT2D eigenvalue weighted by molar-refractivity contribution is 7.98. The maximum atomic E-state index is 12.3. The number of hydrogen-bond acceptors (Lipinski definition) is 4. The quantitative estimate of drug-likeness (QED) is 0.658. The molecule has 0 aromatic heterocycles. The van der Waals surface area contributed by atoms with Gasteiger partial charge < -0.3 is 9.64 Å². The topological polar surface area (TPSA) is 46.6 Å². The van der Waals surface area contributed by atoms with Gasteiger partial charge in [-0.3, -0.25) is 4.79 Å². The summed E-state index contributed by atoms with van der Waals surface area (Å²) in [4.78, 5) is 27.4. The summed E-state index contributed by atoms with van der Waals surface area (Å²) in [6.07, 6.45) is 5.63. The van der Waals surface area contributed by atoms with Crippen LogP contribution in [0.2, 0.25) is 0 Å². The standard InChI is InChI=1S/C21H31NO3S/c1-21(2,3)25-20(24)22-13-11-17(12-14-22)15-18(23)8-5-16-6-9-19(26-4)10-7-16/h6-7,9-10,17H,5,8,11-15H2,1-4H3. The number of amides is 1. The third-order valence-corrected chi connectivity index (χ3v) is 5.38. The van der Waals surface area contributed by atoms with E-state index in [0.717, 1.165) is 19.3 Å². The predicted octanol–water partition coefficient (Wildman–Crippen LogP) is 4.95. The van der Waals surface area contributed by atoms with Gasteiger partial charge in [-0.05, 0) is 69.9 Å². The zero-order valence-electron chi connectivity index (χ0n) is 16.4. The molecule has 1 aliphatic heterocycles. The second-order valence-electron chi connectivity index (χ2n) is 8.00. The second kappa shape index (κ2) is 9.45. The zero-order valence-corrected chi connectivity index (χ0v) is 17.2. The van der Waals surface area contributed by atoms with Gasteiger partial charge in [0, 0.05) is 30.8 Å². The van der Waals surface area contributed by atoms with Crippen LogP contribution in [0.4, 0.5) is 4.79 Å². The number of ketones is 1. The molecule has 0 atom stereocenters. The van der Waals surface area contributed by atoms with E-state index in [0.29, 0.717) is 37.6 Å². The fourth-order valence-electron chi connectivity index (χ4n) is 3.15. The van der Waals surface area contributed by atoms with E-state index in [1.165, 1.54) is 10.5 Å². The molecule has 26 heavy (non-hydrogen) atoms. The Morgan fingerprint density at radius 3 is 2.31 bits per heavy atom. The lowest BCUT2D eigenvalue weighted by Crippen LogP contribution is -2.42. The molecule has 0 radical (unpaired) electrons. The summed E-state index contributed by atoms with van der Waals surface area (Å²) >= 11 is 1.73. The van der Waals surface area contributed by atoms with Crippen molar-refractivity contribution in [3.63, 3.8) is 0 Å². The van der Waals surface area contributed by atoms with Crippen LogP contribution < -0.4 is 0 Å². The summed E-state index contributed by atoms with van der Waals surface area (Å²) in [5.74, 6) is 0.717. The Kier molecular flexibility index (Phi) is 7.56. The largest absolute Gasteiger partial charge is 0.444 e. The molecule has 4 nitrogen and oxygen atoms in total. The van der Waals surface area contributed by atoms with Crippen LogP contribution in [0.3, 0.4) is 0 Å².